The van der Waals surface area contributed by atoms with Crippen LogP contribution in [0.3, 0.4) is 0 Å². The van der Waals surface area contributed by atoms with Gasteiger partial charge in [-0.2, -0.15) is 18.3 Å². The molecule has 0 bridgehead atoms. The second-order valence-electron chi connectivity index (χ2n) is 7.19. The molecule has 2 aliphatic rings. The molecule has 2 aromatic rings. The zero-order valence-electron chi connectivity index (χ0n) is 15.1. The first-order valence-corrected chi connectivity index (χ1v) is 9.13. The Morgan fingerprint density at radius 1 is 1.36 bits per heavy atom. The maximum atomic E-state index is 13.0. The van der Waals surface area contributed by atoms with Crippen LogP contribution in [0, 0.1) is 0 Å². The molecule has 1 fully saturated rings. The lowest BCUT2D eigenvalue weighted by molar-refractivity contribution is -0.141. The fraction of sp³-hybridized carbons (Fsp3) is 0.421. The maximum absolute atomic E-state index is 13.0. The third-order valence-electron chi connectivity index (χ3n) is 5.68. The van der Waals surface area contributed by atoms with Crippen molar-refractivity contribution in [3.05, 3.63) is 47.3 Å². The van der Waals surface area contributed by atoms with Gasteiger partial charge in [0, 0.05) is 18.3 Å². The number of likely N-dealkylation sites (tertiary alicyclic amines) is 1. The lowest BCUT2D eigenvalue weighted by atomic mass is 9.73. The zero-order chi connectivity index (χ0) is 20.1. The highest BCUT2D eigenvalue weighted by Crippen LogP contribution is 2.49. The first-order chi connectivity index (χ1) is 13.3. The number of hydrogen-bond acceptors (Lipinski definition) is 3. The molecule has 0 radical (unpaired) electrons. The van der Waals surface area contributed by atoms with Crippen molar-refractivity contribution in [2.24, 2.45) is 0 Å². The lowest BCUT2D eigenvalue weighted by Crippen LogP contribution is -2.48. The average Bonchev–Trinajstić information content (AvgIpc) is 3.34. The van der Waals surface area contributed by atoms with Crippen LogP contribution >= 0.6 is 0 Å². The number of fused-ring (bicyclic) bond motifs is 2. The number of hydrogen-bond donors (Lipinski definition) is 2. The van der Waals surface area contributed by atoms with E-state index in [1.54, 1.807) is 0 Å². The molecule has 2 N–H and O–H groups in total. The van der Waals surface area contributed by atoms with Gasteiger partial charge in [-0.3, -0.25) is 14.7 Å². The number of aromatic amines is 1. The number of rotatable bonds is 3. The van der Waals surface area contributed by atoms with Crippen LogP contribution in [-0.2, 0) is 16.4 Å². The summed E-state index contributed by atoms with van der Waals surface area (Å²) in [6.45, 7) is 2.23. The van der Waals surface area contributed by atoms with Crippen LogP contribution in [0.25, 0.3) is 0 Å². The van der Waals surface area contributed by atoms with Crippen molar-refractivity contribution in [2.75, 3.05) is 11.9 Å². The predicted octanol–water partition coefficient (Wildman–Crippen LogP) is 3.33. The fourth-order valence-corrected chi connectivity index (χ4v) is 4.44. The van der Waals surface area contributed by atoms with Gasteiger partial charge >= 0.3 is 6.18 Å². The van der Waals surface area contributed by atoms with Crippen molar-refractivity contribution in [3.63, 3.8) is 0 Å². The van der Waals surface area contributed by atoms with Crippen molar-refractivity contribution in [1.82, 2.24) is 15.1 Å². The molecule has 28 heavy (non-hydrogen) atoms. The Bertz CT molecular complexity index is 939. The monoisotopic (exact) mass is 392 g/mol. The topological polar surface area (TPSA) is 78.1 Å². The summed E-state index contributed by atoms with van der Waals surface area (Å²) in [7, 11) is 0. The Hall–Kier alpha value is -2.84. The Morgan fingerprint density at radius 3 is 2.79 bits per heavy atom. The van der Waals surface area contributed by atoms with Crippen LogP contribution in [0.15, 0.2) is 30.3 Å². The summed E-state index contributed by atoms with van der Waals surface area (Å²) in [4.78, 5) is 27.4. The molecule has 4 rings (SSSR count). The molecule has 1 aromatic carbocycles. The molecule has 1 aromatic heterocycles. The van der Waals surface area contributed by atoms with Crippen LogP contribution in [0.2, 0.25) is 0 Å². The van der Waals surface area contributed by atoms with Gasteiger partial charge in [-0.05, 0) is 24.5 Å². The van der Waals surface area contributed by atoms with Gasteiger partial charge in [0.05, 0.1) is 11.5 Å². The molecule has 1 spiro atoms. The summed E-state index contributed by atoms with van der Waals surface area (Å²) in [5, 5.41) is 8.34. The Balaban J connectivity index is 1.71. The van der Waals surface area contributed by atoms with E-state index in [1.807, 2.05) is 36.3 Å². The van der Waals surface area contributed by atoms with Crippen LogP contribution in [0.4, 0.5) is 18.9 Å². The summed E-state index contributed by atoms with van der Waals surface area (Å²) in [5.41, 5.74) is -0.683. The molecule has 2 amide bonds. The number of H-pyrrole nitrogens is 1. The van der Waals surface area contributed by atoms with Crippen LogP contribution in [0.1, 0.15) is 47.9 Å². The van der Waals surface area contributed by atoms with Gasteiger partial charge in [0.25, 0.3) is 5.91 Å². The third-order valence-corrected chi connectivity index (χ3v) is 5.68. The molecule has 9 heteroatoms. The Labute approximate surface area is 159 Å². The Morgan fingerprint density at radius 2 is 2.11 bits per heavy atom. The molecule has 1 saturated heterocycles. The summed E-state index contributed by atoms with van der Waals surface area (Å²) < 4.78 is 38.5. The molecule has 3 heterocycles. The largest absolute Gasteiger partial charge is 0.432 e. The van der Waals surface area contributed by atoms with E-state index in [-0.39, 0.29) is 18.1 Å². The molecule has 2 atom stereocenters. The second kappa shape index (κ2) is 6.35. The number of amides is 2. The smallest absolute Gasteiger partial charge is 0.333 e. The number of alkyl halides is 3. The van der Waals surface area contributed by atoms with E-state index in [9.17, 15) is 22.8 Å². The van der Waals surface area contributed by atoms with Crippen LogP contribution in [-0.4, -0.2) is 39.5 Å². The van der Waals surface area contributed by atoms with E-state index >= 15 is 0 Å². The molecule has 6 nitrogen and oxygen atoms in total. The van der Waals surface area contributed by atoms with Gasteiger partial charge in [0.2, 0.25) is 5.91 Å². The third kappa shape index (κ3) is 2.60. The highest BCUT2D eigenvalue weighted by atomic mass is 19.4. The van der Waals surface area contributed by atoms with Crippen molar-refractivity contribution in [2.45, 2.75) is 43.8 Å². The first-order valence-electron chi connectivity index (χ1n) is 9.13. The quantitative estimate of drug-likeness (QED) is 0.841. The van der Waals surface area contributed by atoms with Gasteiger partial charge < -0.3 is 10.2 Å². The highest BCUT2D eigenvalue weighted by Gasteiger charge is 2.58. The van der Waals surface area contributed by atoms with Crippen LogP contribution in [0.5, 0.6) is 0 Å². The minimum atomic E-state index is -4.61. The minimum Gasteiger partial charge on any atom is -0.333 e. The predicted molar refractivity (Wildman–Crippen MR) is 94.7 cm³/mol. The van der Waals surface area contributed by atoms with Gasteiger partial charge in [0.1, 0.15) is 5.69 Å². The van der Waals surface area contributed by atoms with Crippen molar-refractivity contribution < 1.29 is 22.8 Å². The number of benzene rings is 1. The molecule has 148 valence electrons. The lowest BCUT2D eigenvalue weighted by Gasteiger charge is -2.33. The summed E-state index contributed by atoms with van der Waals surface area (Å²) in [5.74, 6) is -0.764. The molecular formula is C19H19F3N4O2. The van der Waals surface area contributed by atoms with E-state index in [1.165, 1.54) is 4.90 Å². The van der Waals surface area contributed by atoms with E-state index in [0.29, 0.717) is 12.8 Å². The molecule has 0 saturated carbocycles. The van der Waals surface area contributed by atoms with E-state index in [2.05, 4.69) is 10.4 Å². The number of halogens is 3. The molecule has 0 aliphatic carbocycles. The molecule has 2 aliphatic heterocycles. The number of aromatic nitrogens is 2. The highest BCUT2D eigenvalue weighted by molar-refractivity contribution is 6.08. The van der Waals surface area contributed by atoms with E-state index < -0.39 is 29.2 Å². The van der Waals surface area contributed by atoms with E-state index in [4.69, 9.17) is 0 Å². The summed E-state index contributed by atoms with van der Waals surface area (Å²) >= 11 is 0. The maximum Gasteiger partial charge on any atom is 0.432 e. The zero-order valence-corrected chi connectivity index (χ0v) is 15.1. The second-order valence-corrected chi connectivity index (χ2v) is 7.19. The van der Waals surface area contributed by atoms with Gasteiger partial charge in [-0.1, -0.05) is 31.5 Å². The van der Waals surface area contributed by atoms with Crippen molar-refractivity contribution in [3.8, 4) is 0 Å². The first kappa shape index (κ1) is 18.5. The number of nitrogens with zero attached hydrogens (tertiary/aromatic N) is 2. The number of para-hydroxylation sites is 1. The number of nitrogens with one attached hydrogen (secondary N) is 2. The normalized spacial score (nSPS) is 23.9. The van der Waals surface area contributed by atoms with Crippen molar-refractivity contribution in [1.29, 1.82) is 0 Å². The standard InChI is InChI=1S/C19H19F3N4O2/c1-2-5-15-18(11-6-3-4-7-12(11)23-17(18)28)8-9-26(15)16(27)13-10-14(25-24-13)19(20,21)22/h3-4,6-7,10,15H,2,5,8-9H2,1H3,(H,23,28)(H,24,25)/t15-,18-/m0/s1. The van der Waals surface area contributed by atoms with Crippen LogP contribution < -0.4 is 5.32 Å². The summed E-state index contributed by atoms with van der Waals surface area (Å²) in [6.07, 6.45) is -2.91. The molecular weight excluding hydrogens is 373 g/mol. The number of carbonyl (C=O) groups is 2. The van der Waals surface area contributed by atoms with E-state index in [0.717, 1.165) is 23.7 Å². The Kier molecular flexibility index (Phi) is 4.20. The van der Waals surface area contributed by atoms with Gasteiger partial charge in [-0.15, -0.1) is 0 Å². The minimum absolute atomic E-state index is 0.166. The number of carbonyl (C=O) groups excluding carboxylic acids is 2. The SMILES string of the molecule is CCC[C@@H]1N(C(=O)c2cc(C(F)(F)F)[nH]n2)CC[C@@]12C(=O)Nc1ccccc12. The van der Waals surface area contributed by atoms with Gasteiger partial charge in [-0.25, -0.2) is 0 Å². The van der Waals surface area contributed by atoms with Gasteiger partial charge in [0.15, 0.2) is 5.69 Å². The molecule has 0 unspecified atom stereocenters. The summed E-state index contributed by atoms with van der Waals surface area (Å²) in [6, 6.07) is 7.64. The average molecular weight is 392 g/mol. The fourth-order valence-electron chi connectivity index (χ4n) is 4.44. The number of anilines is 1. The van der Waals surface area contributed by atoms with Crippen molar-refractivity contribution >= 4 is 17.5 Å².